The number of nitrogens with zero attached hydrogens (tertiary/aromatic N) is 3. The number of carbonyl (C=O) groups is 1. The highest BCUT2D eigenvalue weighted by Crippen LogP contribution is 2.23. The Labute approximate surface area is 160 Å². The van der Waals surface area contributed by atoms with Crippen molar-refractivity contribution >= 4 is 23.6 Å². The molecule has 0 aliphatic carbocycles. The molecule has 0 unspecified atom stereocenters. The Kier molecular flexibility index (Phi) is 5.45. The molecule has 0 aliphatic heterocycles. The SMILES string of the molecule is COc1ccccc1C=Nc1n[nH]c(Cc2ccc([N+](=O)[O-])cc2)c1C(N)=O. The quantitative estimate of drug-likeness (QED) is 0.369. The highest BCUT2D eigenvalue weighted by atomic mass is 16.6. The normalized spacial score (nSPS) is 10.9. The van der Waals surface area contributed by atoms with Gasteiger partial charge in [0.15, 0.2) is 5.82 Å². The number of carbonyl (C=O) groups excluding carboxylic acids is 1. The summed E-state index contributed by atoms with van der Waals surface area (Å²) >= 11 is 0. The first kappa shape index (κ1) is 18.8. The molecule has 0 spiro atoms. The number of nitrogens with two attached hydrogens (primary N) is 1. The van der Waals surface area contributed by atoms with E-state index in [1.807, 2.05) is 18.2 Å². The third-order valence-electron chi connectivity index (χ3n) is 4.06. The van der Waals surface area contributed by atoms with Crippen molar-refractivity contribution < 1.29 is 14.5 Å². The lowest BCUT2D eigenvalue weighted by atomic mass is 10.1. The zero-order valence-electron chi connectivity index (χ0n) is 15.0. The Morgan fingerprint density at radius 3 is 2.64 bits per heavy atom. The molecule has 28 heavy (non-hydrogen) atoms. The van der Waals surface area contributed by atoms with Gasteiger partial charge in [-0.2, -0.15) is 5.10 Å². The summed E-state index contributed by atoms with van der Waals surface area (Å²) in [4.78, 5) is 26.5. The first-order chi connectivity index (χ1) is 13.5. The summed E-state index contributed by atoms with van der Waals surface area (Å²) in [7, 11) is 1.55. The summed E-state index contributed by atoms with van der Waals surface area (Å²) in [5.74, 6) is 0.127. The van der Waals surface area contributed by atoms with E-state index in [1.165, 1.54) is 18.3 Å². The smallest absolute Gasteiger partial charge is 0.269 e. The van der Waals surface area contributed by atoms with Gasteiger partial charge in [0, 0.05) is 30.3 Å². The summed E-state index contributed by atoms with van der Waals surface area (Å²) in [6, 6.07) is 13.3. The lowest BCUT2D eigenvalue weighted by molar-refractivity contribution is -0.384. The molecule has 1 aromatic heterocycles. The monoisotopic (exact) mass is 379 g/mol. The van der Waals surface area contributed by atoms with Gasteiger partial charge in [-0.1, -0.05) is 24.3 Å². The van der Waals surface area contributed by atoms with E-state index in [-0.39, 0.29) is 17.1 Å². The number of nitrogens with one attached hydrogen (secondary N) is 1. The molecule has 1 heterocycles. The standard InChI is InChI=1S/C19H17N5O4/c1-28-16-5-3-2-4-13(16)11-21-19-17(18(20)25)15(22-23-19)10-12-6-8-14(9-7-12)24(26)27/h2-9,11H,10H2,1H3,(H2,20,25)(H,22,23). The average molecular weight is 379 g/mol. The third-order valence-corrected chi connectivity index (χ3v) is 4.06. The van der Waals surface area contributed by atoms with Crippen molar-refractivity contribution in [2.75, 3.05) is 7.11 Å². The molecule has 9 nitrogen and oxygen atoms in total. The highest BCUT2D eigenvalue weighted by molar-refractivity contribution is 5.99. The fourth-order valence-electron chi connectivity index (χ4n) is 2.69. The van der Waals surface area contributed by atoms with E-state index in [1.54, 1.807) is 25.3 Å². The van der Waals surface area contributed by atoms with E-state index < -0.39 is 10.8 Å². The third kappa shape index (κ3) is 4.04. The Balaban J connectivity index is 1.88. The van der Waals surface area contributed by atoms with Gasteiger partial charge in [-0.25, -0.2) is 4.99 Å². The lowest BCUT2D eigenvalue weighted by Gasteiger charge is -2.03. The maximum atomic E-state index is 11.9. The predicted octanol–water partition coefficient (Wildman–Crippen LogP) is 2.77. The fraction of sp³-hybridized carbons (Fsp3) is 0.105. The number of rotatable bonds is 7. The number of hydrogen-bond acceptors (Lipinski definition) is 6. The molecular weight excluding hydrogens is 362 g/mol. The number of methoxy groups -OCH3 is 1. The molecule has 2 aromatic carbocycles. The Morgan fingerprint density at radius 1 is 1.29 bits per heavy atom. The van der Waals surface area contributed by atoms with Gasteiger partial charge in [-0.05, 0) is 17.7 Å². The number of nitro groups is 1. The number of non-ortho nitro benzene ring substituents is 1. The minimum atomic E-state index is -0.669. The number of aromatic amines is 1. The van der Waals surface area contributed by atoms with Gasteiger partial charge in [-0.3, -0.25) is 20.0 Å². The fourth-order valence-corrected chi connectivity index (χ4v) is 2.69. The number of H-pyrrole nitrogens is 1. The van der Waals surface area contributed by atoms with Crippen LogP contribution in [0.15, 0.2) is 53.5 Å². The van der Waals surface area contributed by atoms with E-state index in [9.17, 15) is 14.9 Å². The summed E-state index contributed by atoms with van der Waals surface area (Å²) < 4.78 is 5.26. The van der Waals surface area contributed by atoms with Crippen molar-refractivity contribution in [2.45, 2.75) is 6.42 Å². The van der Waals surface area contributed by atoms with Crippen LogP contribution in [0.5, 0.6) is 5.75 Å². The van der Waals surface area contributed by atoms with Gasteiger partial charge in [-0.15, -0.1) is 0 Å². The summed E-state index contributed by atoms with van der Waals surface area (Å²) in [6.07, 6.45) is 1.84. The maximum Gasteiger partial charge on any atom is 0.269 e. The number of hydrogen-bond donors (Lipinski definition) is 2. The van der Waals surface area contributed by atoms with Crippen molar-refractivity contribution in [3.05, 3.63) is 81.0 Å². The molecule has 3 rings (SSSR count). The van der Waals surface area contributed by atoms with Gasteiger partial charge in [0.25, 0.3) is 11.6 Å². The molecule has 0 fully saturated rings. The largest absolute Gasteiger partial charge is 0.496 e. The minimum absolute atomic E-state index is 0.00872. The van der Waals surface area contributed by atoms with Crippen LogP contribution >= 0.6 is 0 Å². The predicted molar refractivity (Wildman–Crippen MR) is 103 cm³/mol. The van der Waals surface area contributed by atoms with Crippen LogP contribution in [0.1, 0.15) is 27.2 Å². The number of benzene rings is 2. The van der Waals surface area contributed by atoms with Gasteiger partial charge in [0.1, 0.15) is 11.3 Å². The molecular formula is C19H17N5O4. The van der Waals surface area contributed by atoms with E-state index in [0.717, 1.165) is 11.1 Å². The zero-order valence-corrected chi connectivity index (χ0v) is 15.0. The van der Waals surface area contributed by atoms with E-state index in [4.69, 9.17) is 10.5 Å². The molecule has 3 aromatic rings. The van der Waals surface area contributed by atoms with Crippen LogP contribution in [0.4, 0.5) is 11.5 Å². The molecule has 0 radical (unpaired) electrons. The molecule has 0 saturated heterocycles. The maximum absolute atomic E-state index is 11.9. The second-order valence-corrected chi connectivity index (χ2v) is 5.87. The van der Waals surface area contributed by atoms with Crippen molar-refractivity contribution in [3.63, 3.8) is 0 Å². The molecule has 142 valence electrons. The van der Waals surface area contributed by atoms with Crippen LogP contribution in [0.25, 0.3) is 0 Å². The summed E-state index contributed by atoms with van der Waals surface area (Å²) in [5, 5.41) is 17.6. The second kappa shape index (κ2) is 8.12. The second-order valence-electron chi connectivity index (χ2n) is 5.87. The zero-order chi connectivity index (χ0) is 20.1. The van der Waals surface area contributed by atoms with Gasteiger partial charge in [0.2, 0.25) is 0 Å². The van der Waals surface area contributed by atoms with Gasteiger partial charge < -0.3 is 10.5 Å². The Bertz CT molecular complexity index is 1040. The van der Waals surface area contributed by atoms with Crippen molar-refractivity contribution in [1.82, 2.24) is 10.2 Å². The first-order valence-electron chi connectivity index (χ1n) is 8.27. The number of aromatic nitrogens is 2. The summed E-state index contributed by atoms with van der Waals surface area (Å²) in [6.45, 7) is 0. The van der Waals surface area contributed by atoms with Gasteiger partial charge >= 0.3 is 0 Å². The molecule has 0 atom stereocenters. The summed E-state index contributed by atoms with van der Waals surface area (Å²) in [5.41, 5.74) is 7.64. The molecule has 0 aliphatic rings. The minimum Gasteiger partial charge on any atom is -0.496 e. The molecule has 0 saturated carbocycles. The van der Waals surface area contributed by atoms with Crippen molar-refractivity contribution in [2.24, 2.45) is 10.7 Å². The highest BCUT2D eigenvalue weighted by Gasteiger charge is 2.18. The Hall–Kier alpha value is -4.01. The number of primary amides is 1. The number of aliphatic imine (C=N–C) groups is 1. The molecule has 3 N–H and O–H groups in total. The molecule has 1 amide bonds. The van der Waals surface area contributed by atoms with E-state index >= 15 is 0 Å². The topological polar surface area (TPSA) is 136 Å². The molecule has 0 bridgehead atoms. The van der Waals surface area contributed by atoms with E-state index in [0.29, 0.717) is 17.9 Å². The lowest BCUT2D eigenvalue weighted by Crippen LogP contribution is -2.13. The van der Waals surface area contributed by atoms with Crippen LogP contribution in [0.2, 0.25) is 0 Å². The van der Waals surface area contributed by atoms with Crippen LogP contribution in [-0.2, 0) is 6.42 Å². The number of amides is 1. The number of para-hydroxylation sites is 1. The van der Waals surface area contributed by atoms with Crippen LogP contribution in [0.3, 0.4) is 0 Å². The average Bonchev–Trinajstić information content (AvgIpc) is 3.09. The molecule has 9 heteroatoms. The van der Waals surface area contributed by atoms with Crippen molar-refractivity contribution in [3.8, 4) is 5.75 Å². The Morgan fingerprint density at radius 2 is 2.00 bits per heavy atom. The van der Waals surface area contributed by atoms with Crippen LogP contribution < -0.4 is 10.5 Å². The number of ether oxygens (including phenoxy) is 1. The van der Waals surface area contributed by atoms with Crippen LogP contribution in [0, 0.1) is 10.1 Å². The van der Waals surface area contributed by atoms with E-state index in [2.05, 4.69) is 15.2 Å². The van der Waals surface area contributed by atoms with Crippen LogP contribution in [-0.4, -0.2) is 34.4 Å². The van der Waals surface area contributed by atoms with Crippen molar-refractivity contribution in [1.29, 1.82) is 0 Å². The number of nitro benzene ring substituents is 1. The van der Waals surface area contributed by atoms with Gasteiger partial charge in [0.05, 0.1) is 17.7 Å². The first-order valence-corrected chi connectivity index (χ1v) is 8.27.